The lowest BCUT2D eigenvalue weighted by Crippen LogP contribution is -2.29. The number of aryl methyl sites for hydroxylation is 1. The van der Waals surface area contributed by atoms with E-state index < -0.39 is 11.2 Å². The lowest BCUT2D eigenvalue weighted by molar-refractivity contribution is 0.447. The molecule has 0 radical (unpaired) electrons. The summed E-state index contributed by atoms with van der Waals surface area (Å²) in [5.74, 6) is 1.14. The molecule has 0 amide bonds. The summed E-state index contributed by atoms with van der Waals surface area (Å²) < 4.78 is 1.48. The molecule has 2 aromatic rings. The van der Waals surface area contributed by atoms with Crippen LogP contribution in [0.2, 0.25) is 0 Å². The fourth-order valence-electron chi connectivity index (χ4n) is 2.64. The number of aromatic nitrogens is 4. The number of hydrogen-bond acceptors (Lipinski definition) is 4. The highest BCUT2D eigenvalue weighted by atomic mass is 16.2. The lowest BCUT2D eigenvalue weighted by atomic mass is 9.98. The van der Waals surface area contributed by atoms with Gasteiger partial charge in [-0.1, -0.05) is 0 Å². The second kappa shape index (κ2) is 4.65. The van der Waals surface area contributed by atoms with Gasteiger partial charge in [0.25, 0.3) is 5.56 Å². The van der Waals surface area contributed by atoms with E-state index in [1.54, 1.807) is 0 Å². The second-order valence-electron chi connectivity index (χ2n) is 4.85. The third kappa shape index (κ3) is 1.99. The molecule has 1 aliphatic rings. The quantitative estimate of drug-likeness (QED) is 0.705. The smallest absolute Gasteiger partial charge is 0.330 e. The van der Waals surface area contributed by atoms with Crippen molar-refractivity contribution >= 4 is 11.2 Å². The highest BCUT2D eigenvalue weighted by Crippen LogP contribution is 2.23. The van der Waals surface area contributed by atoms with E-state index >= 15 is 0 Å². The fraction of sp³-hybridized carbons (Fsp3) is 0.583. The number of nitrogens with one attached hydrogen (secondary N) is 3. The van der Waals surface area contributed by atoms with Crippen LogP contribution in [-0.2, 0) is 6.54 Å². The molecule has 19 heavy (non-hydrogen) atoms. The number of rotatable bonds is 2. The zero-order chi connectivity index (χ0) is 13.4. The number of hydrogen-bond donors (Lipinski definition) is 3. The van der Waals surface area contributed by atoms with E-state index in [0.717, 1.165) is 31.8 Å². The molecular formula is C12H17N5O2. The van der Waals surface area contributed by atoms with Gasteiger partial charge in [0.1, 0.15) is 11.3 Å². The first-order chi connectivity index (χ1) is 9.20. The fourth-order valence-corrected chi connectivity index (χ4v) is 2.64. The molecule has 7 nitrogen and oxygen atoms in total. The largest absolute Gasteiger partial charge is 0.336 e. The average Bonchev–Trinajstić information content (AvgIpc) is 2.85. The van der Waals surface area contributed by atoms with E-state index in [-0.39, 0.29) is 0 Å². The standard InChI is InChI=1S/C12H17N5O2/c1-2-17-10-8(11(18)16-12(17)19)14-9(15-10)7-3-5-13-6-4-7/h7,13H,2-6H2,1H3,(H,14,15)(H,16,18,19). The van der Waals surface area contributed by atoms with Crippen LogP contribution in [0.3, 0.4) is 0 Å². The Kier molecular flexibility index (Phi) is 2.98. The Balaban J connectivity index is 2.16. The van der Waals surface area contributed by atoms with Gasteiger partial charge in [0.15, 0.2) is 5.65 Å². The predicted molar refractivity (Wildman–Crippen MR) is 71.5 cm³/mol. The molecule has 3 rings (SSSR count). The second-order valence-corrected chi connectivity index (χ2v) is 4.85. The molecule has 0 bridgehead atoms. The van der Waals surface area contributed by atoms with Gasteiger partial charge in [0.2, 0.25) is 0 Å². The highest BCUT2D eigenvalue weighted by molar-refractivity contribution is 5.69. The van der Waals surface area contributed by atoms with Crippen LogP contribution in [0, 0.1) is 0 Å². The molecule has 1 saturated heterocycles. The van der Waals surface area contributed by atoms with Gasteiger partial charge in [-0.15, -0.1) is 0 Å². The van der Waals surface area contributed by atoms with Crippen LogP contribution in [0.15, 0.2) is 9.59 Å². The Hall–Kier alpha value is -1.89. The minimum Gasteiger partial charge on any atom is -0.336 e. The third-order valence-electron chi connectivity index (χ3n) is 3.69. The summed E-state index contributed by atoms with van der Waals surface area (Å²) >= 11 is 0. The molecule has 7 heteroatoms. The molecular weight excluding hydrogens is 246 g/mol. The van der Waals surface area contributed by atoms with Crippen molar-refractivity contribution in [1.29, 1.82) is 0 Å². The average molecular weight is 263 g/mol. The van der Waals surface area contributed by atoms with Gasteiger partial charge in [0.05, 0.1) is 0 Å². The van der Waals surface area contributed by atoms with Crippen LogP contribution in [-0.4, -0.2) is 32.6 Å². The van der Waals surface area contributed by atoms with E-state index in [2.05, 4.69) is 20.3 Å². The van der Waals surface area contributed by atoms with E-state index in [9.17, 15) is 9.59 Å². The first-order valence-corrected chi connectivity index (χ1v) is 6.64. The zero-order valence-electron chi connectivity index (χ0n) is 10.8. The summed E-state index contributed by atoms with van der Waals surface area (Å²) in [7, 11) is 0. The Labute approximate surface area is 109 Å². The Bertz CT molecular complexity index is 705. The molecule has 0 aromatic carbocycles. The molecule has 1 fully saturated rings. The summed E-state index contributed by atoms with van der Waals surface area (Å²) in [6.45, 7) is 4.26. The third-order valence-corrected chi connectivity index (χ3v) is 3.69. The zero-order valence-corrected chi connectivity index (χ0v) is 10.8. The molecule has 2 aromatic heterocycles. The maximum atomic E-state index is 11.8. The minimum atomic E-state index is -0.400. The summed E-state index contributed by atoms with van der Waals surface area (Å²) in [6.07, 6.45) is 1.99. The van der Waals surface area contributed by atoms with Crippen LogP contribution in [0.1, 0.15) is 31.5 Å². The van der Waals surface area contributed by atoms with Gasteiger partial charge in [-0.2, -0.15) is 0 Å². The molecule has 3 N–H and O–H groups in total. The molecule has 3 heterocycles. The number of fused-ring (bicyclic) bond motifs is 1. The molecule has 102 valence electrons. The van der Waals surface area contributed by atoms with Crippen LogP contribution >= 0.6 is 0 Å². The number of aromatic amines is 2. The highest BCUT2D eigenvalue weighted by Gasteiger charge is 2.20. The summed E-state index contributed by atoms with van der Waals surface area (Å²) in [6, 6.07) is 0. The topological polar surface area (TPSA) is 95.6 Å². The van der Waals surface area contributed by atoms with E-state index in [4.69, 9.17) is 0 Å². The molecule has 1 aliphatic heterocycles. The van der Waals surface area contributed by atoms with Gasteiger partial charge in [-0.25, -0.2) is 9.78 Å². The monoisotopic (exact) mass is 263 g/mol. The number of nitrogens with zero attached hydrogens (tertiary/aromatic N) is 2. The Morgan fingerprint density at radius 2 is 2.00 bits per heavy atom. The van der Waals surface area contributed by atoms with Crippen molar-refractivity contribution in [2.24, 2.45) is 0 Å². The van der Waals surface area contributed by atoms with Gasteiger partial charge >= 0.3 is 5.69 Å². The van der Waals surface area contributed by atoms with Crippen molar-refractivity contribution in [3.05, 3.63) is 26.7 Å². The van der Waals surface area contributed by atoms with E-state index in [0.29, 0.717) is 23.6 Å². The van der Waals surface area contributed by atoms with Crippen LogP contribution in [0.25, 0.3) is 11.2 Å². The first kappa shape index (κ1) is 12.2. The maximum Gasteiger partial charge on any atom is 0.330 e. The van der Waals surface area contributed by atoms with Gasteiger partial charge in [-0.3, -0.25) is 14.3 Å². The van der Waals surface area contributed by atoms with Gasteiger partial charge in [0, 0.05) is 12.5 Å². The molecule has 0 spiro atoms. The van der Waals surface area contributed by atoms with Crippen molar-refractivity contribution in [3.8, 4) is 0 Å². The number of imidazole rings is 1. The minimum absolute atomic E-state index is 0.327. The van der Waals surface area contributed by atoms with E-state index in [1.807, 2.05) is 6.92 Å². The van der Waals surface area contributed by atoms with Gasteiger partial charge < -0.3 is 10.3 Å². The summed E-state index contributed by atoms with van der Waals surface area (Å²) in [4.78, 5) is 33.4. The first-order valence-electron chi connectivity index (χ1n) is 6.64. The van der Waals surface area contributed by atoms with E-state index in [1.165, 1.54) is 4.57 Å². The van der Waals surface area contributed by atoms with Crippen LogP contribution in [0.4, 0.5) is 0 Å². The molecule has 0 aliphatic carbocycles. The Morgan fingerprint density at radius 1 is 1.26 bits per heavy atom. The Morgan fingerprint density at radius 3 is 2.68 bits per heavy atom. The van der Waals surface area contributed by atoms with Gasteiger partial charge in [-0.05, 0) is 32.9 Å². The molecule has 0 saturated carbocycles. The SMILES string of the molecule is CCn1c(=O)[nH]c(=O)c2[nH]c(C3CCNCC3)nc21. The normalized spacial score (nSPS) is 17.1. The lowest BCUT2D eigenvalue weighted by Gasteiger charge is -2.20. The number of piperidine rings is 1. The molecule has 0 atom stereocenters. The molecule has 0 unspecified atom stereocenters. The van der Waals surface area contributed by atoms with Crippen molar-refractivity contribution in [2.75, 3.05) is 13.1 Å². The number of H-pyrrole nitrogens is 2. The van der Waals surface area contributed by atoms with Crippen molar-refractivity contribution in [1.82, 2.24) is 24.8 Å². The van der Waals surface area contributed by atoms with Crippen molar-refractivity contribution in [3.63, 3.8) is 0 Å². The van der Waals surface area contributed by atoms with Crippen molar-refractivity contribution in [2.45, 2.75) is 32.2 Å². The van der Waals surface area contributed by atoms with Crippen LogP contribution in [0.5, 0.6) is 0 Å². The summed E-state index contributed by atoms with van der Waals surface area (Å²) in [5, 5.41) is 3.30. The van der Waals surface area contributed by atoms with Crippen molar-refractivity contribution < 1.29 is 0 Å². The maximum absolute atomic E-state index is 11.8. The summed E-state index contributed by atoms with van der Waals surface area (Å²) in [5.41, 5.74) is 0.0699. The van der Waals surface area contributed by atoms with Crippen LogP contribution < -0.4 is 16.6 Å². The predicted octanol–water partition coefficient (Wildman–Crippen LogP) is -0.100.